The number of ether oxygens (including phenoxy) is 2. The molecule has 0 unspecified atom stereocenters. The molecule has 0 aliphatic rings. The molecule has 4 heteroatoms. The standard InChI is InChI=1S/2C6H12O2/c2*1-5(2)4-8-6(3)7/h2*5H,4H2,1-3H3. The summed E-state index contributed by atoms with van der Waals surface area (Å²) in [7, 11) is 0. The summed E-state index contributed by atoms with van der Waals surface area (Å²) in [6.07, 6.45) is 0. The van der Waals surface area contributed by atoms with Gasteiger partial charge in [-0.2, -0.15) is 0 Å². The van der Waals surface area contributed by atoms with E-state index in [1.54, 1.807) is 0 Å². The molecule has 0 saturated heterocycles. The number of esters is 2. The molecule has 0 aromatic carbocycles. The van der Waals surface area contributed by atoms with Gasteiger partial charge in [-0.25, -0.2) is 0 Å². The quantitative estimate of drug-likeness (QED) is 0.698. The van der Waals surface area contributed by atoms with Gasteiger partial charge in [-0.15, -0.1) is 0 Å². The highest BCUT2D eigenvalue weighted by Gasteiger charge is 1.95. The topological polar surface area (TPSA) is 52.6 Å². The molecule has 0 bridgehead atoms. The fraction of sp³-hybridized carbons (Fsp3) is 0.833. The summed E-state index contributed by atoms with van der Waals surface area (Å²) >= 11 is 0. The predicted octanol–water partition coefficient (Wildman–Crippen LogP) is 2.41. The Morgan fingerprint density at radius 3 is 1.12 bits per heavy atom. The first-order valence-electron chi connectivity index (χ1n) is 5.52. The normalized spacial score (nSPS) is 9.50. The number of rotatable bonds is 4. The molecular formula is C12H24O4. The van der Waals surface area contributed by atoms with E-state index >= 15 is 0 Å². The SMILES string of the molecule is CC(=O)OCC(C)C.CC(=O)OCC(C)C. The smallest absolute Gasteiger partial charge is 0.302 e. The summed E-state index contributed by atoms with van der Waals surface area (Å²) in [5, 5.41) is 0. The molecule has 96 valence electrons. The third-order valence-corrected chi connectivity index (χ3v) is 1.24. The summed E-state index contributed by atoms with van der Waals surface area (Å²) < 4.78 is 9.33. The summed E-state index contributed by atoms with van der Waals surface area (Å²) in [5.41, 5.74) is 0. The monoisotopic (exact) mass is 232 g/mol. The molecule has 0 amide bonds. The van der Waals surface area contributed by atoms with Crippen molar-refractivity contribution in [2.24, 2.45) is 11.8 Å². The Kier molecular flexibility index (Phi) is 11.3. The van der Waals surface area contributed by atoms with Crippen molar-refractivity contribution in [2.75, 3.05) is 13.2 Å². The molecule has 0 aromatic heterocycles. The zero-order chi connectivity index (χ0) is 13.1. The van der Waals surface area contributed by atoms with Gasteiger partial charge >= 0.3 is 11.9 Å². The van der Waals surface area contributed by atoms with Crippen LogP contribution in [0.25, 0.3) is 0 Å². The third-order valence-electron chi connectivity index (χ3n) is 1.24. The molecule has 0 aliphatic carbocycles. The fourth-order valence-electron chi connectivity index (χ4n) is 0.568. The van der Waals surface area contributed by atoms with Crippen LogP contribution >= 0.6 is 0 Å². The first-order chi connectivity index (χ1) is 7.25. The van der Waals surface area contributed by atoms with Crippen LogP contribution in [-0.2, 0) is 19.1 Å². The Hall–Kier alpha value is -1.06. The summed E-state index contributed by atoms with van der Waals surface area (Å²) in [5.74, 6) is 0.496. The number of carbonyl (C=O) groups is 2. The second kappa shape index (κ2) is 10.5. The maximum absolute atomic E-state index is 10.1. The second-order valence-electron chi connectivity index (χ2n) is 4.39. The van der Waals surface area contributed by atoms with Gasteiger partial charge in [0.1, 0.15) is 0 Å². The van der Waals surface area contributed by atoms with Crippen LogP contribution in [0.15, 0.2) is 0 Å². The van der Waals surface area contributed by atoms with Crippen LogP contribution in [-0.4, -0.2) is 25.2 Å². The average molecular weight is 232 g/mol. The van der Waals surface area contributed by atoms with E-state index in [1.807, 2.05) is 27.7 Å². The minimum absolute atomic E-state index is 0.196. The van der Waals surface area contributed by atoms with Gasteiger partial charge in [-0.3, -0.25) is 9.59 Å². The van der Waals surface area contributed by atoms with Crippen LogP contribution < -0.4 is 0 Å². The van der Waals surface area contributed by atoms with Gasteiger partial charge < -0.3 is 9.47 Å². The maximum atomic E-state index is 10.1. The van der Waals surface area contributed by atoms with E-state index in [4.69, 9.17) is 0 Å². The van der Waals surface area contributed by atoms with Crippen molar-refractivity contribution in [3.05, 3.63) is 0 Å². The maximum Gasteiger partial charge on any atom is 0.302 e. The van der Waals surface area contributed by atoms with E-state index in [1.165, 1.54) is 13.8 Å². The molecular weight excluding hydrogens is 208 g/mol. The summed E-state index contributed by atoms with van der Waals surface area (Å²) in [6.45, 7) is 11.9. The van der Waals surface area contributed by atoms with E-state index in [0.29, 0.717) is 25.0 Å². The molecule has 0 spiro atoms. The van der Waals surface area contributed by atoms with Crippen LogP contribution in [0.4, 0.5) is 0 Å². The average Bonchev–Trinajstić information content (AvgIpc) is 2.12. The minimum Gasteiger partial charge on any atom is -0.466 e. The number of carbonyl (C=O) groups excluding carboxylic acids is 2. The molecule has 0 rings (SSSR count). The molecule has 0 aliphatic heterocycles. The second-order valence-corrected chi connectivity index (χ2v) is 4.39. The zero-order valence-corrected chi connectivity index (χ0v) is 11.2. The Morgan fingerprint density at radius 1 is 0.812 bits per heavy atom. The Morgan fingerprint density at radius 2 is 1.06 bits per heavy atom. The third kappa shape index (κ3) is 23.1. The van der Waals surface area contributed by atoms with E-state index in [0.717, 1.165) is 0 Å². The first-order valence-corrected chi connectivity index (χ1v) is 5.52. The molecule has 16 heavy (non-hydrogen) atoms. The Balaban J connectivity index is 0. The molecule has 0 N–H and O–H groups in total. The lowest BCUT2D eigenvalue weighted by atomic mass is 10.2. The van der Waals surface area contributed by atoms with E-state index in [-0.39, 0.29) is 11.9 Å². The van der Waals surface area contributed by atoms with Gasteiger partial charge in [0, 0.05) is 13.8 Å². The lowest BCUT2D eigenvalue weighted by molar-refractivity contribution is -0.142. The first kappa shape index (κ1) is 17.3. The summed E-state index contributed by atoms with van der Waals surface area (Å²) in [4.78, 5) is 20.3. The van der Waals surface area contributed by atoms with Gasteiger partial charge in [0.2, 0.25) is 0 Å². The van der Waals surface area contributed by atoms with Crippen molar-refractivity contribution < 1.29 is 19.1 Å². The zero-order valence-electron chi connectivity index (χ0n) is 11.2. The number of hydrogen-bond donors (Lipinski definition) is 0. The van der Waals surface area contributed by atoms with Crippen molar-refractivity contribution in [3.63, 3.8) is 0 Å². The Labute approximate surface area is 98.3 Å². The molecule has 0 heterocycles. The van der Waals surface area contributed by atoms with E-state index in [9.17, 15) is 9.59 Å². The van der Waals surface area contributed by atoms with E-state index < -0.39 is 0 Å². The molecule has 4 nitrogen and oxygen atoms in total. The van der Waals surface area contributed by atoms with Crippen molar-refractivity contribution in [2.45, 2.75) is 41.5 Å². The van der Waals surface area contributed by atoms with Crippen LogP contribution in [0.1, 0.15) is 41.5 Å². The van der Waals surface area contributed by atoms with Crippen molar-refractivity contribution in [1.82, 2.24) is 0 Å². The molecule has 0 saturated carbocycles. The van der Waals surface area contributed by atoms with Gasteiger partial charge in [0.15, 0.2) is 0 Å². The van der Waals surface area contributed by atoms with Crippen LogP contribution in [0.2, 0.25) is 0 Å². The number of hydrogen-bond acceptors (Lipinski definition) is 4. The molecule has 0 aromatic rings. The van der Waals surface area contributed by atoms with Crippen molar-refractivity contribution in [3.8, 4) is 0 Å². The molecule has 0 fully saturated rings. The van der Waals surface area contributed by atoms with Crippen molar-refractivity contribution in [1.29, 1.82) is 0 Å². The lowest BCUT2D eigenvalue weighted by Crippen LogP contribution is -2.05. The minimum atomic E-state index is -0.196. The van der Waals surface area contributed by atoms with Gasteiger partial charge in [-0.05, 0) is 11.8 Å². The largest absolute Gasteiger partial charge is 0.466 e. The Bertz CT molecular complexity index is 175. The highest BCUT2D eigenvalue weighted by molar-refractivity contribution is 5.66. The van der Waals surface area contributed by atoms with Gasteiger partial charge in [0.05, 0.1) is 13.2 Å². The lowest BCUT2D eigenvalue weighted by Gasteiger charge is -2.02. The van der Waals surface area contributed by atoms with E-state index in [2.05, 4.69) is 9.47 Å². The highest BCUT2D eigenvalue weighted by atomic mass is 16.5. The van der Waals surface area contributed by atoms with Gasteiger partial charge in [-0.1, -0.05) is 27.7 Å². The summed E-state index contributed by atoms with van der Waals surface area (Å²) in [6, 6.07) is 0. The molecule has 0 atom stereocenters. The highest BCUT2D eigenvalue weighted by Crippen LogP contribution is 1.91. The fourth-order valence-corrected chi connectivity index (χ4v) is 0.568. The predicted molar refractivity (Wildman–Crippen MR) is 62.9 cm³/mol. The van der Waals surface area contributed by atoms with Crippen LogP contribution in [0.5, 0.6) is 0 Å². The molecule has 0 radical (unpaired) electrons. The van der Waals surface area contributed by atoms with Gasteiger partial charge in [0.25, 0.3) is 0 Å². The van der Waals surface area contributed by atoms with Crippen LogP contribution in [0, 0.1) is 11.8 Å². The van der Waals surface area contributed by atoms with Crippen LogP contribution in [0.3, 0.4) is 0 Å². The van der Waals surface area contributed by atoms with Crippen molar-refractivity contribution >= 4 is 11.9 Å².